The van der Waals surface area contributed by atoms with Crippen LogP contribution in [0.5, 0.6) is 17.4 Å². The molecule has 0 fully saturated rings. The maximum absolute atomic E-state index is 10.2. The Morgan fingerprint density at radius 1 is 1.06 bits per heavy atom. The predicted octanol–water partition coefficient (Wildman–Crippen LogP) is 3.82. The van der Waals surface area contributed by atoms with Crippen LogP contribution in [-0.2, 0) is 7.05 Å². The second-order valence-electron chi connectivity index (χ2n) is 8.14. The molecule has 5 rings (SSSR count). The van der Waals surface area contributed by atoms with Gasteiger partial charge in [0.25, 0.3) is 0 Å². The van der Waals surface area contributed by atoms with Crippen molar-refractivity contribution in [3.05, 3.63) is 82.9 Å². The van der Waals surface area contributed by atoms with E-state index in [1.165, 1.54) is 0 Å². The molecule has 1 aliphatic heterocycles. The number of nitrogens with zero attached hydrogens (tertiary/aromatic N) is 5. The molecule has 1 aliphatic rings. The number of nitrogens with two attached hydrogens (primary N) is 1. The Hall–Kier alpha value is -4.71. The first kappa shape index (κ1) is 22.1. The van der Waals surface area contributed by atoms with E-state index in [0.717, 1.165) is 17.1 Å². The third-order valence-electron chi connectivity index (χ3n) is 6.04. The van der Waals surface area contributed by atoms with Crippen LogP contribution in [0.1, 0.15) is 22.7 Å². The minimum absolute atomic E-state index is 0.0136. The van der Waals surface area contributed by atoms with Crippen molar-refractivity contribution >= 4 is 0 Å². The third kappa shape index (κ3) is 3.56. The number of benzene rings is 2. The van der Waals surface area contributed by atoms with Gasteiger partial charge in [0.05, 0.1) is 42.8 Å². The highest BCUT2D eigenvalue weighted by Gasteiger charge is 2.39. The number of rotatable bonds is 5. The summed E-state index contributed by atoms with van der Waals surface area (Å²) in [5, 5.41) is 19.6. The number of hydrogen-bond donors (Lipinski definition) is 1. The third-order valence-corrected chi connectivity index (χ3v) is 6.04. The van der Waals surface area contributed by atoms with Gasteiger partial charge in [0.2, 0.25) is 11.8 Å². The Morgan fingerprint density at radius 2 is 1.83 bits per heavy atom. The van der Waals surface area contributed by atoms with Crippen molar-refractivity contribution in [2.75, 3.05) is 14.2 Å². The molecule has 2 N–H and O–H groups in total. The van der Waals surface area contributed by atoms with Crippen LogP contribution in [0.2, 0.25) is 0 Å². The fourth-order valence-corrected chi connectivity index (χ4v) is 4.48. The van der Waals surface area contributed by atoms with Gasteiger partial charge < -0.3 is 19.9 Å². The fourth-order valence-electron chi connectivity index (χ4n) is 4.48. The van der Waals surface area contributed by atoms with Crippen LogP contribution in [0.15, 0.2) is 66.1 Å². The van der Waals surface area contributed by atoms with Gasteiger partial charge in [-0.15, -0.1) is 0 Å². The lowest BCUT2D eigenvalue weighted by Crippen LogP contribution is -2.22. The van der Waals surface area contributed by atoms with Crippen LogP contribution in [0, 0.1) is 18.3 Å². The van der Waals surface area contributed by atoms with E-state index in [2.05, 4.69) is 11.2 Å². The Bertz CT molecular complexity index is 1490. The van der Waals surface area contributed by atoms with E-state index in [0.29, 0.717) is 34.2 Å². The number of para-hydroxylation sites is 1. The van der Waals surface area contributed by atoms with Gasteiger partial charge in [0.15, 0.2) is 0 Å². The van der Waals surface area contributed by atoms with Crippen LogP contribution in [0.25, 0.3) is 17.1 Å². The maximum Gasteiger partial charge on any atom is 0.229 e. The first-order valence-electron chi connectivity index (χ1n) is 11.0. The lowest BCUT2D eigenvalue weighted by molar-refractivity contribution is 0.363. The van der Waals surface area contributed by atoms with E-state index in [9.17, 15) is 5.26 Å². The lowest BCUT2D eigenvalue weighted by atomic mass is 9.83. The summed E-state index contributed by atoms with van der Waals surface area (Å²) in [5.74, 6) is 1.04. The van der Waals surface area contributed by atoms with Crippen LogP contribution in [-0.4, -0.2) is 33.8 Å². The van der Waals surface area contributed by atoms with Gasteiger partial charge in [-0.1, -0.05) is 18.2 Å². The van der Waals surface area contributed by atoms with Crippen LogP contribution in [0.4, 0.5) is 0 Å². The zero-order chi connectivity index (χ0) is 24.7. The van der Waals surface area contributed by atoms with Gasteiger partial charge in [-0.25, -0.2) is 0 Å². The summed E-state index contributed by atoms with van der Waals surface area (Å²) in [7, 11) is 5.04. The number of ether oxygens (including phenoxy) is 3. The van der Waals surface area contributed by atoms with Crippen molar-refractivity contribution in [2.45, 2.75) is 12.8 Å². The van der Waals surface area contributed by atoms with E-state index >= 15 is 0 Å². The van der Waals surface area contributed by atoms with Crippen LogP contribution in [0.3, 0.4) is 0 Å². The Kier molecular flexibility index (Phi) is 5.41. The predicted molar refractivity (Wildman–Crippen MR) is 129 cm³/mol. The zero-order valence-electron chi connectivity index (χ0n) is 19.8. The largest absolute Gasteiger partial charge is 0.497 e. The normalized spacial score (nSPS) is 14.8. The number of hydrogen-bond acceptors (Lipinski definition) is 7. The van der Waals surface area contributed by atoms with Gasteiger partial charge in [-0.3, -0.25) is 4.68 Å². The second kappa shape index (κ2) is 8.57. The molecule has 0 saturated carbocycles. The molecule has 0 aliphatic carbocycles. The minimum Gasteiger partial charge on any atom is -0.497 e. The molecule has 0 radical (unpaired) electrons. The standard InChI is InChI=1S/C26H24N6O3/c1-15-12-20(31(2)29-15)24-23-22(18-13-17(33-3)10-11-21(18)34-4)19(14-27)25(28)35-26(23)32(30-24)16-8-6-5-7-9-16/h5-13,22H,28H2,1-4H3. The summed E-state index contributed by atoms with van der Waals surface area (Å²) in [6.45, 7) is 1.92. The molecule has 176 valence electrons. The number of allylic oxidation sites excluding steroid dienone is 1. The van der Waals surface area contributed by atoms with Gasteiger partial charge in [-0.05, 0) is 43.3 Å². The highest BCUT2D eigenvalue weighted by Crippen LogP contribution is 2.50. The molecule has 9 heteroatoms. The number of methoxy groups -OCH3 is 2. The van der Waals surface area contributed by atoms with E-state index in [1.807, 2.05) is 62.5 Å². The van der Waals surface area contributed by atoms with E-state index in [4.69, 9.17) is 25.0 Å². The maximum atomic E-state index is 10.2. The van der Waals surface area contributed by atoms with Gasteiger partial charge in [0, 0.05) is 12.6 Å². The van der Waals surface area contributed by atoms with E-state index in [-0.39, 0.29) is 11.5 Å². The summed E-state index contributed by atoms with van der Waals surface area (Å²) in [6.07, 6.45) is 0. The monoisotopic (exact) mass is 468 g/mol. The van der Waals surface area contributed by atoms with Crippen molar-refractivity contribution in [3.63, 3.8) is 0 Å². The highest BCUT2D eigenvalue weighted by atomic mass is 16.5. The topological polar surface area (TPSA) is 113 Å². The molecule has 9 nitrogen and oxygen atoms in total. The van der Waals surface area contributed by atoms with Crippen LogP contribution < -0.4 is 19.9 Å². The number of fused-ring (bicyclic) bond motifs is 1. The lowest BCUT2D eigenvalue weighted by Gasteiger charge is -2.26. The van der Waals surface area contributed by atoms with Crippen molar-refractivity contribution in [3.8, 4) is 40.5 Å². The van der Waals surface area contributed by atoms with Crippen LogP contribution >= 0.6 is 0 Å². The molecule has 1 unspecified atom stereocenters. The average molecular weight is 469 g/mol. The summed E-state index contributed by atoms with van der Waals surface area (Å²) in [4.78, 5) is 0. The molecule has 35 heavy (non-hydrogen) atoms. The Labute approximate surface area is 202 Å². The average Bonchev–Trinajstić information content (AvgIpc) is 3.41. The Balaban J connectivity index is 1.88. The smallest absolute Gasteiger partial charge is 0.229 e. The Morgan fingerprint density at radius 3 is 2.46 bits per heavy atom. The second-order valence-corrected chi connectivity index (χ2v) is 8.14. The number of nitriles is 1. The van der Waals surface area contributed by atoms with Gasteiger partial charge >= 0.3 is 0 Å². The summed E-state index contributed by atoms with van der Waals surface area (Å²) in [6, 6.07) is 19.3. The molecule has 0 spiro atoms. The molecule has 4 aromatic rings. The molecule has 0 amide bonds. The summed E-state index contributed by atoms with van der Waals surface area (Å²) < 4.78 is 20.7. The fraction of sp³-hybridized carbons (Fsp3) is 0.192. The van der Waals surface area contributed by atoms with Crippen molar-refractivity contribution in [1.29, 1.82) is 5.26 Å². The molecule has 0 saturated heterocycles. The first-order valence-corrected chi connectivity index (χ1v) is 11.0. The van der Waals surface area contributed by atoms with Gasteiger partial charge in [0.1, 0.15) is 28.8 Å². The molecular weight excluding hydrogens is 444 g/mol. The molecule has 3 heterocycles. The van der Waals surface area contributed by atoms with Crippen molar-refractivity contribution in [1.82, 2.24) is 19.6 Å². The quantitative estimate of drug-likeness (QED) is 0.474. The SMILES string of the molecule is COc1ccc(OC)c(C2C(C#N)=C(N)Oc3c2c(-c2cc(C)nn2C)nn3-c2ccccc2)c1. The summed E-state index contributed by atoms with van der Waals surface area (Å²) in [5.41, 5.74) is 11.0. The van der Waals surface area contributed by atoms with Crippen molar-refractivity contribution < 1.29 is 14.2 Å². The van der Waals surface area contributed by atoms with Gasteiger partial charge in [-0.2, -0.15) is 20.1 Å². The van der Waals surface area contributed by atoms with Crippen molar-refractivity contribution in [2.24, 2.45) is 12.8 Å². The van der Waals surface area contributed by atoms with E-state index < -0.39 is 5.92 Å². The van der Waals surface area contributed by atoms with E-state index in [1.54, 1.807) is 29.6 Å². The number of aryl methyl sites for hydroxylation is 2. The zero-order valence-corrected chi connectivity index (χ0v) is 19.8. The number of aromatic nitrogens is 4. The summed E-state index contributed by atoms with van der Waals surface area (Å²) >= 11 is 0. The molecule has 2 aromatic heterocycles. The molecule has 2 aromatic carbocycles. The minimum atomic E-state index is -0.614. The molecule has 1 atom stereocenters. The molecular formula is C26H24N6O3. The first-order chi connectivity index (χ1) is 17.0. The molecule has 0 bridgehead atoms. The highest BCUT2D eigenvalue weighted by molar-refractivity contribution is 5.71.